The Bertz CT molecular complexity index is 2810. The number of nitrogen functional groups attached to an aromatic ring is 1. The van der Waals surface area contributed by atoms with E-state index in [1.165, 1.54) is 30.2 Å². The molecule has 3 aliphatic heterocycles. The number of hydrogen-bond donors (Lipinski definition) is 6. The maximum Gasteiger partial charge on any atom is 0.254 e. The second-order valence-corrected chi connectivity index (χ2v) is 21.9. The van der Waals surface area contributed by atoms with E-state index in [2.05, 4.69) is 43.4 Å². The maximum absolute atomic E-state index is 14.8. The molecule has 434 valence electrons. The van der Waals surface area contributed by atoms with E-state index in [0.29, 0.717) is 64.8 Å². The molecule has 0 aliphatic carbocycles. The van der Waals surface area contributed by atoms with Gasteiger partial charge in [-0.2, -0.15) is 5.10 Å². The van der Waals surface area contributed by atoms with Crippen molar-refractivity contribution in [3.63, 3.8) is 0 Å². The second-order valence-electron chi connectivity index (χ2n) is 21.9. The van der Waals surface area contributed by atoms with Crippen molar-refractivity contribution >= 4 is 46.8 Å². The quantitative estimate of drug-likeness (QED) is 0.0501. The van der Waals surface area contributed by atoms with E-state index in [0.717, 1.165) is 18.4 Å². The summed E-state index contributed by atoms with van der Waals surface area (Å²) in [7, 11) is 4.87. The fraction of sp³-hybridized carbons (Fsp3) is 0.552. The number of ether oxygens (including phenoxy) is 3. The predicted molar refractivity (Wildman–Crippen MR) is 301 cm³/mol. The van der Waals surface area contributed by atoms with Gasteiger partial charge in [-0.25, -0.2) is 14.1 Å². The zero-order chi connectivity index (χ0) is 57.7. The number of carbonyl (C=O) groups is 6. The first-order valence-corrected chi connectivity index (χ1v) is 27.8. The molecule has 3 aliphatic rings. The van der Waals surface area contributed by atoms with Crippen molar-refractivity contribution in [2.75, 3.05) is 84.4 Å². The second kappa shape index (κ2) is 27.9. The Kier molecular flexibility index (Phi) is 21.2. The Balaban J connectivity index is 0.866. The van der Waals surface area contributed by atoms with E-state index in [9.17, 15) is 33.2 Å². The molecule has 2 bridgehead atoms. The number of methoxy groups -OCH3 is 1. The Morgan fingerprint density at radius 2 is 1.68 bits per heavy atom. The topological polar surface area (TPSA) is 257 Å². The highest BCUT2D eigenvalue weighted by Crippen LogP contribution is 2.44. The highest BCUT2D eigenvalue weighted by Gasteiger charge is 2.45. The predicted octanol–water partition coefficient (Wildman–Crippen LogP) is 4.46. The van der Waals surface area contributed by atoms with Crippen LogP contribution in [0.1, 0.15) is 119 Å². The molecule has 0 spiro atoms. The molecule has 5 heterocycles. The zero-order valence-corrected chi connectivity index (χ0v) is 47.6. The molecule has 2 aromatic heterocycles. The number of ketones is 1. The molecule has 80 heavy (non-hydrogen) atoms. The molecule has 4 aromatic rings. The van der Waals surface area contributed by atoms with E-state index >= 15 is 0 Å². The number of fused-ring (bicyclic) bond motifs is 8. The monoisotopic (exact) mass is 1110 g/mol. The van der Waals surface area contributed by atoms with Gasteiger partial charge in [0, 0.05) is 81.9 Å². The average Bonchev–Trinajstić information content (AvgIpc) is 4.25. The summed E-state index contributed by atoms with van der Waals surface area (Å²) in [5.74, 6) is -1.38. The summed E-state index contributed by atoms with van der Waals surface area (Å²) < 4.78 is 33.7. The molecule has 21 nitrogen and oxygen atoms in total. The van der Waals surface area contributed by atoms with E-state index in [-0.39, 0.29) is 126 Å². The third-order valence-corrected chi connectivity index (χ3v) is 15.1. The van der Waals surface area contributed by atoms with Crippen LogP contribution in [-0.2, 0) is 46.5 Å². The number of benzene rings is 2. The van der Waals surface area contributed by atoms with Crippen molar-refractivity contribution in [3.8, 4) is 17.0 Å². The number of anilines is 2. The van der Waals surface area contributed by atoms with Crippen molar-refractivity contribution in [2.24, 2.45) is 5.41 Å². The molecule has 2 saturated heterocycles. The van der Waals surface area contributed by atoms with Crippen LogP contribution in [0.15, 0.2) is 60.8 Å². The van der Waals surface area contributed by atoms with Crippen LogP contribution >= 0.6 is 0 Å². The average molecular weight is 1110 g/mol. The summed E-state index contributed by atoms with van der Waals surface area (Å²) >= 11 is 0. The molecule has 6 atom stereocenters. The van der Waals surface area contributed by atoms with Crippen LogP contribution in [0.2, 0.25) is 0 Å². The third-order valence-electron chi connectivity index (χ3n) is 15.1. The molecule has 7 rings (SSSR count). The third kappa shape index (κ3) is 15.1. The first kappa shape index (κ1) is 60.6. The van der Waals surface area contributed by atoms with Crippen LogP contribution in [0.25, 0.3) is 11.1 Å². The van der Waals surface area contributed by atoms with Crippen molar-refractivity contribution in [1.29, 1.82) is 0 Å². The normalized spacial score (nSPS) is 18.2. The Morgan fingerprint density at radius 1 is 0.950 bits per heavy atom. The number of aromatic nitrogens is 3. The summed E-state index contributed by atoms with van der Waals surface area (Å²) in [6.07, 6.45) is 4.51. The fourth-order valence-electron chi connectivity index (χ4n) is 10.7. The fourth-order valence-corrected chi connectivity index (χ4v) is 10.7. The lowest BCUT2D eigenvalue weighted by molar-refractivity contribution is -0.143. The van der Waals surface area contributed by atoms with Crippen LogP contribution in [0.3, 0.4) is 0 Å². The molecule has 22 heteroatoms. The van der Waals surface area contributed by atoms with E-state index in [1.54, 1.807) is 36.8 Å². The van der Waals surface area contributed by atoms with E-state index < -0.39 is 35.4 Å². The minimum Gasteiger partial charge on any atom is -0.481 e. The van der Waals surface area contributed by atoms with Gasteiger partial charge < -0.3 is 61.2 Å². The van der Waals surface area contributed by atoms with Crippen molar-refractivity contribution in [3.05, 3.63) is 89.0 Å². The van der Waals surface area contributed by atoms with Gasteiger partial charge in [-0.1, -0.05) is 58.0 Å². The number of likely N-dealkylation sites (N-methyl/N-ethyl adjacent to an activating group) is 1. The number of nitrogens with two attached hydrogens (primary N) is 1. The summed E-state index contributed by atoms with van der Waals surface area (Å²) in [4.78, 5) is 91.4. The van der Waals surface area contributed by atoms with Gasteiger partial charge in [0.05, 0.1) is 81.7 Å². The highest BCUT2D eigenvalue weighted by atomic mass is 19.1. The highest BCUT2D eigenvalue weighted by molar-refractivity contribution is 5.97. The number of carbonyl (C=O) groups excluding carboxylic acids is 6. The van der Waals surface area contributed by atoms with Gasteiger partial charge in [0.25, 0.3) is 5.91 Å². The summed E-state index contributed by atoms with van der Waals surface area (Å²) in [5.41, 5.74) is 10.4. The van der Waals surface area contributed by atoms with Crippen LogP contribution < -0.4 is 42.0 Å². The van der Waals surface area contributed by atoms with E-state index in [1.807, 2.05) is 57.2 Å². The maximum atomic E-state index is 14.8. The molecule has 0 unspecified atom stereocenters. The number of nitrogens with one attached hydrogen (secondary N) is 5. The summed E-state index contributed by atoms with van der Waals surface area (Å²) in [5, 5.41) is 20.1. The standard InChI is InChI=1S/C58H81FN12O9/c1-9-43(37-14-11-10-12-15-37)62-22-19-48(72)46-32-40(34-70(46)56(77)52(58(3,4)5)66-54(75)36(2)61-6)65-50(74)21-27-80-29-28-79-26-20-49(73)63-23-25-71-57(78-8)51-38-30-47(53(60)64-33-38)69-24-13-16-45(69)42-31-39(59)17-18-41(42)55(76)68(7)35-44(51)67-71/h10-12,14-15,17-18,30-31,33,36,40,43,45-46,52,61-62H,9,13,16,19-29,32,34-35H2,1-8H3,(H2,60,64)(H,63,73)(H,65,74)(H,66,75)/t36-,40-,43+,45-,46-,52+/m1/s1. The molecule has 2 aromatic carbocycles. The first-order chi connectivity index (χ1) is 38.3. The van der Waals surface area contributed by atoms with Crippen LogP contribution in [0.4, 0.5) is 15.9 Å². The Hall–Kier alpha value is -7.01. The smallest absolute Gasteiger partial charge is 0.254 e. The van der Waals surface area contributed by atoms with Gasteiger partial charge in [-0.15, -0.1) is 0 Å². The molecule has 0 radical (unpaired) electrons. The first-order valence-electron chi connectivity index (χ1n) is 27.8. The van der Waals surface area contributed by atoms with Gasteiger partial charge in [-0.3, -0.25) is 28.8 Å². The van der Waals surface area contributed by atoms with Crippen molar-refractivity contribution in [2.45, 2.75) is 129 Å². The molecular formula is C58H81FN12O9. The Morgan fingerprint density at radius 3 is 2.36 bits per heavy atom. The minimum atomic E-state index is -0.924. The van der Waals surface area contributed by atoms with Gasteiger partial charge in [-0.05, 0) is 80.5 Å². The summed E-state index contributed by atoms with van der Waals surface area (Å²) in [6, 6.07) is 13.2. The van der Waals surface area contributed by atoms with Crippen LogP contribution in [0, 0.1) is 11.2 Å². The number of halogens is 1. The van der Waals surface area contributed by atoms with Gasteiger partial charge in [0.1, 0.15) is 17.7 Å². The van der Waals surface area contributed by atoms with Gasteiger partial charge in [0.2, 0.25) is 29.5 Å². The van der Waals surface area contributed by atoms with Crippen molar-refractivity contribution < 1.29 is 47.4 Å². The molecule has 0 saturated carbocycles. The minimum absolute atomic E-state index is 0.0302. The zero-order valence-electron chi connectivity index (χ0n) is 47.6. The van der Waals surface area contributed by atoms with Gasteiger partial charge in [0.15, 0.2) is 5.78 Å². The Labute approximate surface area is 468 Å². The number of rotatable bonds is 25. The number of hydrogen-bond acceptors (Lipinski definition) is 15. The molecular weight excluding hydrogens is 1030 g/mol. The van der Waals surface area contributed by atoms with E-state index in [4.69, 9.17) is 25.0 Å². The largest absolute Gasteiger partial charge is 0.481 e. The molecule has 2 fully saturated rings. The lowest BCUT2D eigenvalue weighted by Crippen LogP contribution is -2.59. The molecule has 5 amide bonds. The lowest BCUT2D eigenvalue weighted by atomic mass is 9.85. The van der Waals surface area contributed by atoms with Crippen molar-refractivity contribution in [1.82, 2.24) is 51.1 Å². The van der Waals surface area contributed by atoms with Crippen LogP contribution in [0.5, 0.6) is 5.88 Å². The summed E-state index contributed by atoms with van der Waals surface area (Å²) in [6.45, 7) is 11.6. The van der Waals surface area contributed by atoms with Crippen LogP contribution in [-0.4, -0.2) is 158 Å². The lowest BCUT2D eigenvalue weighted by Gasteiger charge is -2.36. The SMILES string of the molecule is CC[C@H](NCCC(=O)[C@H]1C[C@@H](NC(=O)CCOCCOCCC(=O)NCCn2nc3c(c2OC)-c2cnc(N)c(c2)N2CCC[C@@H]2c2cc(F)ccc2C(=O)N(C)C3)CN1C(=O)[C@H](NC(=O)[C@@H](C)NC)C(C)(C)C)c1ccccc1. The number of pyridine rings is 1. The molecule has 7 N–H and O–H groups in total. The van der Waals surface area contributed by atoms with Gasteiger partial charge >= 0.3 is 0 Å². The number of amides is 5. The number of Topliss-reactive ketones (excluding diaryl/α,β-unsaturated/α-hetero) is 1. The number of nitrogens with zero attached hydrogens (tertiary/aromatic N) is 6. The number of likely N-dealkylation sites (tertiary alicyclic amines) is 1.